The molecule has 1 aliphatic heterocycles. The van der Waals surface area contributed by atoms with Gasteiger partial charge in [-0.1, -0.05) is 47.7 Å². The van der Waals surface area contributed by atoms with Crippen molar-refractivity contribution in [2.24, 2.45) is 0 Å². The lowest BCUT2D eigenvalue weighted by molar-refractivity contribution is -0.128. The summed E-state index contributed by atoms with van der Waals surface area (Å²) < 4.78 is 29.1. The van der Waals surface area contributed by atoms with Crippen LogP contribution in [0.4, 0.5) is 8.78 Å². The van der Waals surface area contributed by atoms with Gasteiger partial charge in [0.05, 0.1) is 6.04 Å². The summed E-state index contributed by atoms with van der Waals surface area (Å²) in [6.45, 7) is 0.551. The molecule has 0 radical (unpaired) electrons. The number of hydrogen-bond acceptors (Lipinski definition) is 6. The first kappa shape index (κ1) is 24.2. The van der Waals surface area contributed by atoms with Gasteiger partial charge < -0.3 is 10.0 Å². The monoisotopic (exact) mass is 487 g/mol. The molecule has 2 atom stereocenters. The minimum absolute atomic E-state index is 0.0194. The summed E-state index contributed by atoms with van der Waals surface area (Å²) >= 11 is 1.73. The lowest BCUT2D eigenvalue weighted by Crippen LogP contribution is -2.34. The molecule has 2 N–H and O–H groups in total. The van der Waals surface area contributed by atoms with E-state index in [1.165, 1.54) is 34.0 Å². The Morgan fingerprint density at radius 3 is 2.68 bits per heavy atom. The molecule has 3 heterocycles. The molecule has 0 bridgehead atoms. The van der Waals surface area contributed by atoms with Gasteiger partial charge in [0.25, 0.3) is 0 Å². The number of carbonyl (C=O) groups is 1. The maximum absolute atomic E-state index is 14.5. The number of aliphatic hydroxyl groups excluding tert-OH is 1. The normalized spacial score (nSPS) is 17.7. The molecule has 34 heavy (non-hydrogen) atoms. The molecular weight excluding hydrogens is 460 g/mol. The molecule has 1 saturated heterocycles. The number of benzene rings is 1. The van der Waals surface area contributed by atoms with Crippen molar-refractivity contribution in [2.45, 2.75) is 56.6 Å². The van der Waals surface area contributed by atoms with Crippen LogP contribution in [0.1, 0.15) is 40.4 Å². The topological polar surface area (TPSA) is 95.0 Å². The van der Waals surface area contributed by atoms with E-state index in [0.717, 1.165) is 31.8 Å². The molecule has 3 aromatic rings. The summed E-state index contributed by atoms with van der Waals surface area (Å²) in [5.41, 5.74) is -0.237. The molecule has 0 saturated carbocycles. The van der Waals surface area contributed by atoms with E-state index >= 15 is 0 Å². The predicted octanol–water partition coefficient (Wildman–Crippen LogP) is 3.68. The van der Waals surface area contributed by atoms with Crippen LogP contribution in [0.5, 0.6) is 0 Å². The summed E-state index contributed by atoms with van der Waals surface area (Å²) in [6.07, 6.45) is 4.86. The van der Waals surface area contributed by atoms with Crippen LogP contribution in [0, 0.1) is 0 Å². The average molecular weight is 488 g/mol. The van der Waals surface area contributed by atoms with E-state index in [1.54, 1.807) is 28.4 Å². The molecule has 10 heteroatoms. The van der Waals surface area contributed by atoms with Gasteiger partial charge in [0.2, 0.25) is 5.91 Å². The van der Waals surface area contributed by atoms with Crippen LogP contribution in [0.2, 0.25) is 0 Å². The third-order valence-electron chi connectivity index (χ3n) is 5.94. The number of aliphatic hydroxyl groups is 1. The van der Waals surface area contributed by atoms with E-state index in [4.69, 9.17) is 0 Å². The Labute approximate surface area is 200 Å². The number of alkyl halides is 2. The first-order valence-electron chi connectivity index (χ1n) is 11.3. The van der Waals surface area contributed by atoms with Crippen molar-refractivity contribution in [3.63, 3.8) is 0 Å². The van der Waals surface area contributed by atoms with Crippen molar-refractivity contribution in [3.05, 3.63) is 75.8 Å². The van der Waals surface area contributed by atoms with Crippen molar-refractivity contribution < 1.29 is 18.7 Å². The highest BCUT2D eigenvalue weighted by Gasteiger charge is 2.39. The summed E-state index contributed by atoms with van der Waals surface area (Å²) in [5, 5.41) is 24.0. The fourth-order valence-electron chi connectivity index (χ4n) is 4.07. The number of halogens is 2. The van der Waals surface area contributed by atoms with Crippen LogP contribution < -0.4 is 0 Å². The summed E-state index contributed by atoms with van der Waals surface area (Å²) in [4.78, 5) is 16.6. The van der Waals surface area contributed by atoms with Gasteiger partial charge in [0.15, 0.2) is 5.82 Å². The van der Waals surface area contributed by atoms with Crippen LogP contribution in [0.25, 0.3) is 0 Å². The number of hydrogen-bond donors (Lipinski definition) is 2. The van der Waals surface area contributed by atoms with Gasteiger partial charge in [-0.3, -0.25) is 4.79 Å². The number of nitrogens with zero attached hydrogens (tertiary/aromatic N) is 4. The Morgan fingerprint density at radius 1 is 1.18 bits per heavy atom. The van der Waals surface area contributed by atoms with Gasteiger partial charge >= 0.3 is 5.92 Å². The van der Waals surface area contributed by atoms with Gasteiger partial charge in [-0.2, -0.15) is 14.0 Å². The molecule has 0 aliphatic carbocycles. The van der Waals surface area contributed by atoms with Crippen molar-refractivity contribution in [2.75, 3.05) is 6.54 Å². The largest absolute Gasteiger partial charge is 0.382 e. The van der Waals surface area contributed by atoms with E-state index in [1.807, 2.05) is 0 Å². The Kier molecular flexibility index (Phi) is 7.79. The number of aromatic nitrogens is 4. The van der Waals surface area contributed by atoms with Crippen LogP contribution >= 0.6 is 11.3 Å². The minimum Gasteiger partial charge on any atom is -0.382 e. The predicted molar refractivity (Wildman–Crippen MR) is 124 cm³/mol. The molecule has 1 fully saturated rings. The minimum atomic E-state index is -3.40. The molecule has 1 amide bonds. The van der Waals surface area contributed by atoms with Crippen LogP contribution in [0.3, 0.4) is 0 Å². The van der Waals surface area contributed by atoms with Crippen molar-refractivity contribution >= 4 is 17.2 Å². The number of thiophene rings is 1. The number of tetrazole rings is 1. The highest BCUT2D eigenvalue weighted by atomic mass is 32.1. The third-order valence-corrected chi connectivity index (χ3v) is 7.15. The van der Waals surface area contributed by atoms with Crippen LogP contribution in [-0.2, 0) is 30.0 Å². The number of H-pyrrole nitrogens is 1. The molecular formula is C24H27F2N5O2S. The van der Waals surface area contributed by atoms with Crippen LogP contribution in [-0.4, -0.2) is 55.2 Å². The summed E-state index contributed by atoms with van der Waals surface area (Å²) in [7, 11) is 0. The smallest absolute Gasteiger partial charge is 0.302 e. The number of nitrogens with one attached hydrogen (secondary N) is 1. The van der Waals surface area contributed by atoms with Gasteiger partial charge in [-0.15, -0.1) is 21.5 Å². The highest BCUT2D eigenvalue weighted by molar-refractivity contribution is 7.11. The van der Waals surface area contributed by atoms with E-state index in [0.29, 0.717) is 25.2 Å². The zero-order chi connectivity index (χ0) is 24.0. The van der Waals surface area contributed by atoms with Crippen LogP contribution in [0.15, 0.2) is 54.6 Å². The maximum atomic E-state index is 14.5. The van der Waals surface area contributed by atoms with E-state index in [2.05, 4.69) is 32.8 Å². The van der Waals surface area contributed by atoms with Crippen molar-refractivity contribution in [3.8, 4) is 0 Å². The molecule has 1 aliphatic rings. The molecule has 1 aromatic carbocycles. The van der Waals surface area contributed by atoms with Gasteiger partial charge in [0.1, 0.15) is 6.10 Å². The first-order valence-corrected chi connectivity index (χ1v) is 12.1. The van der Waals surface area contributed by atoms with Gasteiger partial charge in [-0.05, 0) is 37.8 Å². The second-order valence-corrected chi connectivity index (χ2v) is 9.56. The molecule has 180 valence electrons. The average Bonchev–Trinajstić information content (AvgIpc) is 3.59. The van der Waals surface area contributed by atoms with E-state index in [-0.39, 0.29) is 17.5 Å². The number of likely N-dealkylation sites (tertiary alicyclic amines) is 1. The Morgan fingerprint density at radius 2 is 1.94 bits per heavy atom. The summed E-state index contributed by atoms with van der Waals surface area (Å²) in [6, 6.07) is 11.2. The Balaban J connectivity index is 1.27. The van der Waals surface area contributed by atoms with Gasteiger partial charge in [0, 0.05) is 34.7 Å². The fourth-order valence-corrected chi connectivity index (χ4v) is 5.13. The second kappa shape index (κ2) is 11.0. The number of aromatic amines is 1. The van der Waals surface area contributed by atoms with Crippen molar-refractivity contribution in [1.82, 2.24) is 25.5 Å². The van der Waals surface area contributed by atoms with Gasteiger partial charge in [-0.25, -0.2) is 0 Å². The second-order valence-electron chi connectivity index (χ2n) is 8.31. The maximum Gasteiger partial charge on any atom is 0.302 e. The lowest BCUT2D eigenvalue weighted by atomic mass is 10.0. The fraction of sp³-hybridized carbons (Fsp3) is 0.417. The number of amides is 1. The Hall–Kier alpha value is -2.98. The SMILES string of the molecule is O=C1CC[C@H](/C=C/C(O)C(F)(F)c2ccccc2)N1CCCc1ccc(CCc2nn[nH]n2)s1. The molecule has 0 spiro atoms. The number of carbonyl (C=O) groups excluding carboxylic acids is 1. The first-order chi connectivity index (χ1) is 16.4. The molecule has 7 nitrogen and oxygen atoms in total. The number of rotatable bonds is 11. The zero-order valence-corrected chi connectivity index (χ0v) is 19.4. The third kappa shape index (κ3) is 5.92. The summed E-state index contributed by atoms with van der Waals surface area (Å²) in [5.74, 6) is -2.69. The quantitative estimate of drug-likeness (QED) is 0.403. The molecule has 1 unspecified atom stereocenters. The molecule has 4 rings (SSSR count). The highest BCUT2D eigenvalue weighted by Crippen LogP contribution is 2.33. The lowest BCUT2D eigenvalue weighted by Gasteiger charge is -2.24. The van der Waals surface area contributed by atoms with E-state index in [9.17, 15) is 18.7 Å². The van der Waals surface area contributed by atoms with E-state index < -0.39 is 12.0 Å². The number of aryl methyl sites for hydroxylation is 3. The standard InChI is InChI=1S/C24H27F2N5O2S/c25-24(26,17-5-2-1-3-6-17)21(32)13-8-18-9-15-23(33)31(18)16-4-7-19-10-11-20(34-19)12-14-22-27-29-30-28-22/h1-3,5-6,8,10-11,13,18,21,32H,4,7,9,12,14-16H2,(H,27,28,29,30)/b13-8+/t18-,21?/m0/s1. The Bertz CT molecular complexity index is 1090. The van der Waals surface area contributed by atoms with Crippen molar-refractivity contribution in [1.29, 1.82) is 0 Å². The zero-order valence-electron chi connectivity index (χ0n) is 18.6. The molecule has 2 aromatic heterocycles.